The van der Waals surface area contributed by atoms with Crippen LogP contribution in [0, 0.1) is 0 Å². The van der Waals surface area contributed by atoms with E-state index < -0.39 is 0 Å². The predicted octanol–water partition coefficient (Wildman–Crippen LogP) is 2.77. The summed E-state index contributed by atoms with van der Waals surface area (Å²) in [4.78, 5) is 23.5. The Balaban J connectivity index is 0.00000256. The first-order valence-electron chi connectivity index (χ1n) is 10.7. The first-order chi connectivity index (χ1) is 14.2. The number of aliphatic imine (C=N–C) groups is 1. The zero-order valence-electron chi connectivity index (χ0n) is 17.7. The number of amides is 1. The van der Waals surface area contributed by atoms with Crippen LogP contribution in [0.3, 0.4) is 0 Å². The second-order valence-corrected chi connectivity index (χ2v) is 7.89. The minimum Gasteiger partial charge on any atom is -0.352 e. The lowest BCUT2D eigenvalue weighted by Crippen LogP contribution is -2.54. The Kier molecular flexibility index (Phi) is 8.32. The minimum absolute atomic E-state index is 0. The van der Waals surface area contributed by atoms with E-state index in [1.807, 2.05) is 11.9 Å². The molecule has 0 radical (unpaired) electrons. The van der Waals surface area contributed by atoms with Gasteiger partial charge in [0.05, 0.1) is 6.54 Å². The molecule has 1 amide bonds. The van der Waals surface area contributed by atoms with Crippen molar-refractivity contribution in [2.45, 2.75) is 19.4 Å². The van der Waals surface area contributed by atoms with Crippen molar-refractivity contribution in [2.75, 3.05) is 52.9 Å². The normalized spacial score (nSPS) is 17.8. The molecule has 6 nitrogen and oxygen atoms in total. The van der Waals surface area contributed by atoms with Gasteiger partial charge in [-0.3, -0.25) is 14.7 Å². The van der Waals surface area contributed by atoms with Gasteiger partial charge in [-0.05, 0) is 29.2 Å². The zero-order valence-corrected chi connectivity index (χ0v) is 20.0. The molecule has 0 aliphatic carbocycles. The summed E-state index contributed by atoms with van der Waals surface area (Å²) in [6.07, 6.45) is 2.30. The third-order valence-corrected chi connectivity index (χ3v) is 6.02. The molecule has 2 aromatic rings. The highest BCUT2D eigenvalue weighted by Crippen LogP contribution is 2.18. The molecule has 2 aliphatic rings. The quantitative estimate of drug-likeness (QED) is 0.382. The summed E-state index contributed by atoms with van der Waals surface area (Å²) in [6.45, 7) is 6.75. The van der Waals surface area contributed by atoms with Crippen LogP contribution in [0.1, 0.15) is 18.4 Å². The van der Waals surface area contributed by atoms with Gasteiger partial charge in [-0.1, -0.05) is 42.5 Å². The maximum absolute atomic E-state index is 12.4. The number of likely N-dealkylation sites (tertiary alicyclic amines) is 1. The first-order valence-corrected chi connectivity index (χ1v) is 10.7. The highest BCUT2D eigenvalue weighted by atomic mass is 127. The van der Waals surface area contributed by atoms with Crippen LogP contribution in [-0.2, 0) is 11.3 Å². The third-order valence-electron chi connectivity index (χ3n) is 6.02. The van der Waals surface area contributed by atoms with Crippen molar-refractivity contribution in [1.29, 1.82) is 0 Å². The number of nitrogens with one attached hydrogen (secondary N) is 1. The van der Waals surface area contributed by atoms with Crippen LogP contribution in [0.2, 0.25) is 0 Å². The van der Waals surface area contributed by atoms with E-state index in [1.165, 1.54) is 16.3 Å². The number of fused-ring (bicyclic) bond motifs is 1. The predicted molar refractivity (Wildman–Crippen MR) is 133 cm³/mol. The lowest BCUT2D eigenvalue weighted by molar-refractivity contribution is -0.131. The summed E-state index contributed by atoms with van der Waals surface area (Å²) in [5.41, 5.74) is 1.28. The molecular formula is C23H32IN5O. The average Bonchev–Trinajstić information content (AvgIpc) is 3.30. The van der Waals surface area contributed by atoms with Crippen LogP contribution in [0.25, 0.3) is 10.8 Å². The molecule has 2 saturated heterocycles. The molecule has 1 N–H and O–H groups in total. The topological polar surface area (TPSA) is 51.2 Å². The summed E-state index contributed by atoms with van der Waals surface area (Å²) in [5.74, 6) is 1.22. The molecule has 0 bridgehead atoms. The summed E-state index contributed by atoms with van der Waals surface area (Å²) < 4.78 is 0. The van der Waals surface area contributed by atoms with E-state index in [1.54, 1.807) is 0 Å². The van der Waals surface area contributed by atoms with E-state index in [4.69, 9.17) is 0 Å². The van der Waals surface area contributed by atoms with Gasteiger partial charge in [0.2, 0.25) is 5.91 Å². The maximum Gasteiger partial charge on any atom is 0.236 e. The number of piperazine rings is 1. The van der Waals surface area contributed by atoms with Crippen molar-refractivity contribution in [2.24, 2.45) is 4.99 Å². The summed E-state index contributed by atoms with van der Waals surface area (Å²) in [6, 6.07) is 14.9. The molecular weight excluding hydrogens is 489 g/mol. The highest BCUT2D eigenvalue weighted by Gasteiger charge is 2.24. The van der Waals surface area contributed by atoms with Crippen molar-refractivity contribution >= 4 is 46.6 Å². The fraction of sp³-hybridized carbons (Fsp3) is 0.478. The van der Waals surface area contributed by atoms with Crippen molar-refractivity contribution in [1.82, 2.24) is 20.0 Å². The van der Waals surface area contributed by atoms with Crippen molar-refractivity contribution < 1.29 is 4.79 Å². The SMILES string of the molecule is CN=C(NCc1cccc2ccccc12)N1CCN(CC(=O)N2CCCC2)CC1.I. The van der Waals surface area contributed by atoms with Gasteiger partial charge < -0.3 is 15.1 Å². The molecule has 7 heteroatoms. The van der Waals surface area contributed by atoms with E-state index >= 15 is 0 Å². The number of benzene rings is 2. The van der Waals surface area contributed by atoms with Crippen LogP contribution in [0.5, 0.6) is 0 Å². The van der Waals surface area contributed by atoms with Gasteiger partial charge in [-0.2, -0.15) is 0 Å². The Morgan fingerprint density at radius 3 is 2.37 bits per heavy atom. The number of carbonyl (C=O) groups excluding carboxylic acids is 1. The molecule has 2 aromatic carbocycles. The standard InChI is InChI=1S/C23H31N5O.HI/c1-24-23(25-17-20-9-6-8-19-7-2-3-10-21(19)20)28-15-13-26(14-16-28)18-22(29)27-11-4-5-12-27;/h2-3,6-10H,4-5,11-18H2,1H3,(H,24,25);1H. The summed E-state index contributed by atoms with van der Waals surface area (Å²) >= 11 is 0. The fourth-order valence-corrected chi connectivity index (χ4v) is 4.33. The van der Waals surface area contributed by atoms with Crippen LogP contribution in [0.4, 0.5) is 0 Å². The Hall–Kier alpha value is -1.87. The number of hydrogen-bond acceptors (Lipinski definition) is 3. The molecule has 4 rings (SSSR count). The number of halogens is 1. The summed E-state index contributed by atoms with van der Waals surface area (Å²) in [5, 5.41) is 6.07. The van der Waals surface area contributed by atoms with Crippen molar-refractivity contribution in [3.05, 3.63) is 48.0 Å². The molecule has 0 atom stereocenters. The molecule has 2 fully saturated rings. The number of guanidine groups is 1. The number of hydrogen-bond donors (Lipinski definition) is 1. The monoisotopic (exact) mass is 521 g/mol. The van der Waals surface area contributed by atoms with Gasteiger partial charge in [0.1, 0.15) is 0 Å². The largest absolute Gasteiger partial charge is 0.352 e. The number of rotatable bonds is 4. The Labute approximate surface area is 196 Å². The highest BCUT2D eigenvalue weighted by molar-refractivity contribution is 14.0. The molecule has 0 unspecified atom stereocenters. The molecule has 0 saturated carbocycles. The number of nitrogens with zero attached hydrogens (tertiary/aromatic N) is 4. The molecule has 30 heavy (non-hydrogen) atoms. The minimum atomic E-state index is 0. The van der Waals surface area contributed by atoms with Gasteiger partial charge in [-0.25, -0.2) is 0 Å². The Bertz CT molecular complexity index is 868. The second-order valence-electron chi connectivity index (χ2n) is 7.89. The van der Waals surface area contributed by atoms with Gasteiger partial charge in [0.25, 0.3) is 0 Å². The summed E-state index contributed by atoms with van der Waals surface area (Å²) in [7, 11) is 1.84. The molecule has 2 heterocycles. The van der Waals surface area contributed by atoms with Crippen LogP contribution < -0.4 is 5.32 Å². The Morgan fingerprint density at radius 1 is 0.933 bits per heavy atom. The molecule has 0 spiro atoms. The zero-order chi connectivity index (χ0) is 20.1. The third kappa shape index (κ3) is 5.43. The lowest BCUT2D eigenvalue weighted by atomic mass is 10.0. The van der Waals surface area contributed by atoms with Crippen molar-refractivity contribution in [3.8, 4) is 0 Å². The number of carbonyl (C=O) groups is 1. The average molecular weight is 521 g/mol. The Morgan fingerprint density at radius 2 is 1.63 bits per heavy atom. The smallest absolute Gasteiger partial charge is 0.236 e. The molecule has 162 valence electrons. The van der Waals surface area contributed by atoms with Gasteiger partial charge in [0, 0.05) is 52.9 Å². The molecule has 0 aromatic heterocycles. The van der Waals surface area contributed by atoms with E-state index in [0.29, 0.717) is 6.54 Å². The van der Waals surface area contributed by atoms with Crippen LogP contribution in [-0.4, -0.2) is 79.4 Å². The lowest BCUT2D eigenvalue weighted by Gasteiger charge is -2.36. The van der Waals surface area contributed by atoms with Gasteiger partial charge in [-0.15, -0.1) is 24.0 Å². The van der Waals surface area contributed by atoms with Gasteiger partial charge in [0.15, 0.2) is 5.96 Å². The van der Waals surface area contributed by atoms with E-state index in [0.717, 1.165) is 64.6 Å². The van der Waals surface area contributed by atoms with E-state index in [-0.39, 0.29) is 29.9 Å². The second kappa shape index (κ2) is 10.9. The van der Waals surface area contributed by atoms with E-state index in [9.17, 15) is 4.79 Å². The van der Waals surface area contributed by atoms with Crippen molar-refractivity contribution in [3.63, 3.8) is 0 Å². The fourth-order valence-electron chi connectivity index (χ4n) is 4.33. The van der Waals surface area contributed by atoms with E-state index in [2.05, 4.69) is 62.6 Å². The maximum atomic E-state index is 12.4. The van der Waals surface area contributed by atoms with Gasteiger partial charge >= 0.3 is 0 Å². The molecule has 2 aliphatic heterocycles. The first kappa shape index (κ1) is 22.8. The van der Waals surface area contributed by atoms with Crippen LogP contribution >= 0.6 is 24.0 Å². The van der Waals surface area contributed by atoms with Crippen LogP contribution in [0.15, 0.2) is 47.5 Å².